The number of aryl methyl sites for hydroxylation is 2. The highest BCUT2D eigenvalue weighted by Gasteiger charge is 2.28. The van der Waals surface area contributed by atoms with E-state index in [-0.39, 0.29) is 23.5 Å². The van der Waals surface area contributed by atoms with Gasteiger partial charge in [0.25, 0.3) is 5.91 Å². The fourth-order valence-corrected chi connectivity index (χ4v) is 8.58. The summed E-state index contributed by atoms with van der Waals surface area (Å²) in [4.78, 5) is 30.3. The van der Waals surface area contributed by atoms with Crippen molar-refractivity contribution in [3.05, 3.63) is 70.6 Å². The van der Waals surface area contributed by atoms with Crippen molar-refractivity contribution in [1.29, 1.82) is 0 Å². The van der Waals surface area contributed by atoms with Gasteiger partial charge in [-0.2, -0.15) is 0 Å². The Morgan fingerprint density at radius 2 is 1.72 bits per heavy atom. The lowest BCUT2D eigenvalue weighted by Gasteiger charge is -2.36. The second-order valence-corrected chi connectivity index (χ2v) is 14.3. The number of thiophene rings is 1. The number of carbonyl (C=O) groups is 1. The van der Waals surface area contributed by atoms with Gasteiger partial charge < -0.3 is 14.5 Å². The average molecular weight is 618 g/mol. The number of hydrogen-bond acceptors (Lipinski definition) is 8. The highest BCUT2D eigenvalue weighted by molar-refractivity contribution is 7.89. The molecule has 0 radical (unpaired) electrons. The minimum Gasteiger partial charge on any atom is -0.377 e. The van der Waals surface area contributed by atoms with Crippen LogP contribution in [0.4, 0.5) is 5.82 Å². The first-order valence-corrected chi connectivity index (χ1v) is 17.4. The first-order chi connectivity index (χ1) is 21.0. The molecule has 0 bridgehead atoms. The lowest BCUT2D eigenvalue weighted by atomic mass is 9.96. The van der Waals surface area contributed by atoms with Gasteiger partial charge >= 0.3 is 0 Å². The number of benzene rings is 2. The number of nitrogens with one attached hydrogen (secondary N) is 1. The number of rotatable bonds is 7. The zero-order chi connectivity index (χ0) is 29.4. The molecule has 3 aliphatic rings. The predicted octanol–water partition coefficient (Wildman–Crippen LogP) is 4.66. The van der Waals surface area contributed by atoms with Gasteiger partial charge in [0.05, 0.1) is 16.4 Å². The van der Waals surface area contributed by atoms with Crippen LogP contribution in [0, 0.1) is 0 Å². The first kappa shape index (κ1) is 28.4. The maximum Gasteiger partial charge on any atom is 0.253 e. The molecule has 1 N–H and O–H groups in total. The van der Waals surface area contributed by atoms with Crippen LogP contribution in [0.1, 0.15) is 46.5 Å². The molecule has 11 heteroatoms. The van der Waals surface area contributed by atoms with Crippen molar-refractivity contribution in [3.8, 4) is 11.4 Å². The van der Waals surface area contributed by atoms with E-state index in [1.54, 1.807) is 23.5 Å². The molecule has 2 saturated heterocycles. The van der Waals surface area contributed by atoms with Gasteiger partial charge in [-0.3, -0.25) is 4.79 Å². The van der Waals surface area contributed by atoms with Crippen LogP contribution in [0.3, 0.4) is 0 Å². The third-order valence-electron chi connectivity index (χ3n) is 8.63. The van der Waals surface area contributed by atoms with Gasteiger partial charge in [0.1, 0.15) is 10.6 Å². The minimum atomic E-state index is -3.67. The Bertz CT molecular complexity index is 1730. The molecular formula is C32H35N5O4S2. The lowest BCUT2D eigenvalue weighted by molar-refractivity contribution is 0.0746. The fraction of sp³-hybridized carbons (Fsp3) is 0.406. The summed E-state index contributed by atoms with van der Waals surface area (Å²) >= 11 is 1.81. The van der Waals surface area contributed by atoms with Crippen molar-refractivity contribution in [3.63, 3.8) is 0 Å². The van der Waals surface area contributed by atoms with E-state index < -0.39 is 10.0 Å². The number of anilines is 1. The summed E-state index contributed by atoms with van der Waals surface area (Å²) in [6, 6.07) is 16.3. The van der Waals surface area contributed by atoms with Crippen LogP contribution < -0.4 is 9.62 Å². The van der Waals surface area contributed by atoms with Gasteiger partial charge in [0.2, 0.25) is 10.0 Å². The van der Waals surface area contributed by atoms with Crippen molar-refractivity contribution in [1.82, 2.24) is 19.6 Å². The first-order valence-electron chi connectivity index (χ1n) is 15.1. The summed E-state index contributed by atoms with van der Waals surface area (Å²) in [5.41, 5.74) is 2.88. The van der Waals surface area contributed by atoms with Crippen LogP contribution in [0.15, 0.2) is 59.5 Å². The second-order valence-electron chi connectivity index (χ2n) is 11.4. The van der Waals surface area contributed by atoms with E-state index in [9.17, 15) is 13.2 Å². The average Bonchev–Trinajstić information content (AvgIpc) is 3.72. The van der Waals surface area contributed by atoms with Crippen LogP contribution in [-0.2, 0) is 27.6 Å². The fourth-order valence-electron chi connectivity index (χ4n) is 6.26. The van der Waals surface area contributed by atoms with Crippen molar-refractivity contribution >= 4 is 43.3 Å². The van der Waals surface area contributed by atoms with Crippen molar-refractivity contribution < 1.29 is 17.9 Å². The minimum absolute atomic E-state index is 0.0807. The molecule has 4 aromatic rings. The monoisotopic (exact) mass is 617 g/mol. The molecular weight excluding hydrogens is 583 g/mol. The van der Waals surface area contributed by atoms with Gasteiger partial charge in [-0.1, -0.05) is 30.3 Å². The summed E-state index contributed by atoms with van der Waals surface area (Å²) in [5, 5.41) is 1.18. The Kier molecular flexibility index (Phi) is 7.89. The maximum absolute atomic E-state index is 13.4. The second kappa shape index (κ2) is 12.0. The van der Waals surface area contributed by atoms with E-state index in [1.165, 1.54) is 40.8 Å². The van der Waals surface area contributed by atoms with Gasteiger partial charge in [-0.25, -0.2) is 23.1 Å². The van der Waals surface area contributed by atoms with E-state index in [0.29, 0.717) is 38.3 Å². The molecule has 9 nitrogen and oxygen atoms in total. The number of fused-ring (bicyclic) bond motifs is 3. The molecule has 1 atom stereocenters. The third kappa shape index (κ3) is 5.78. The zero-order valence-electron chi connectivity index (χ0n) is 24.0. The normalized spacial score (nSPS) is 19.1. The number of sulfonamides is 1. The van der Waals surface area contributed by atoms with E-state index in [0.717, 1.165) is 47.7 Å². The van der Waals surface area contributed by atoms with Gasteiger partial charge in [0.15, 0.2) is 5.82 Å². The highest BCUT2D eigenvalue weighted by atomic mass is 32.2. The Hall–Kier alpha value is -3.38. The number of aromatic nitrogens is 2. The summed E-state index contributed by atoms with van der Waals surface area (Å²) < 4.78 is 33.6. The molecule has 2 fully saturated rings. The largest absolute Gasteiger partial charge is 0.377 e. The molecule has 0 spiro atoms. The van der Waals surface area contributed by atoms with Crippen LogP contribution in [0.2, 0.25) is 0 Å². The van der Waals surface area contributed by atoms with Crippen LogP contribution in [0.5, 0.6) is 0 Å². The number of carbonyl (C=O) groups excluding carboxylic acids is 1. The van der Waals surface area contributed by atoms with Crippen LogP contribution in [-0.4, -0.2) is 74.6 Å². The quantitative estimate of drug-likeness (QED) is 0.322. The number of hydrogen-bond donors (Lipinski definition) is 1. The number of amides is 1. The lowest BCUT2D eigenvalue weighted by Crippen LogP contribution is -2.49. The van der Waals surface area contributed by atoms with Crippen molar-refractivity contribution in [2.45, 2.75) is 49.5 Å². The summed E-state index contributed by atoms with van der Waals surface area (Å²) in [5.74, 6) is 1.61. The number of ether oxygens (including phenoxy) is 1. The predicted molar refractivity (Wildman–Crippen MR) is 168 cm³/mol. The van der Waals surface area contributed by atoms with Crippen LogP contribution in [0.25, 0.3) is 21.6 Å². The SMILES string of the molecule is O=C(c1ccc(S(=O)(=O)NC[C@H]2CCCO2)cc1)N1CCN(c2nc(-c3ccccc3)nc3sc4c(c23)CCCC4)CC1. The molecule has 7 rings (SSSR count). The van der Waals surface area contributed by atoms with E-state index in [4.69, 9.17) is 14.7 Å². The molecule has 1 amide bonds. The van der Waals surface area contributed by atoms with E-state index in [2.05, 4.69) is 9.62 Å². The molecule has 2 aliphatic heterocycles. The van der Waals surface area contributed by atoms with Crippen molar-refractivity contribution in [2.24, 2.45) is 0 Å². The Morgan fingerprint density at radius 3 is 2.47 bits per heavy atom. The summed E-state index contributed by atoms with van der Waals surface area (Å²) in [7, 11) is -3.67. The molecule has 2 aromatic carbocycles. The number of piperazine rings is 1. The van der Waals surface area contributed by atoms with Gasteiger partial charge in [0, 0.05) is 55.3 Å². The van der Waals surface area contributed by atoms with Gasteiger partial charge in [-0.15, -0.1) is 11.3 Å². The Labute approximate surface area is 256 Å². The zero-order valence-corrected chi connectivity index (χ0v) is 25.6. The van der Waals surface area contributed by atoms with Gasteiger partial charge in [-0.05, 0) is 68.4 Å². The van der Waals surface area contributed by atoms with Crippen LogP contribution >= 0.6 is 11.3 Å². The van der Waals surface area contributed by atoms with E-state index >= 15 is 0 Å². The number of nitrogens with zero attached hydrogens (tertiary/aromatic N) is 4. The Balaban J connectivity index is 1.07. The standard InChI is InChI=1S/C32H35N5O4S2/c38-32(23-12-14-25(15-13-23)43(39,40)33-21-24-9-6-20-41-24)37-18-16-36(17-19-37)30-28-26-10-4-5-11-27(26)42-31(28)35-29(34-30)22-7-2-1-3-8-22/h1-3,7-8,12-15,24,33H,4-6,9-11,16-21H2/t24-/m1/s1. The highest BCUT2D eigenvalue weighted by Crippen LogP contribution is 2.41. The Morgan fingerprint density at radius 1 is 0.953 bits per heavy atom. The molecule has 4 heterocycles. The maximum atomic E-state index is 13.4. The molecule has 224 valence electrons. The third-order valence-corrected chi connectivity index (χ3v) is 11.3. The smallest absolute Gasteiger partial charge is 0.253 e. The molecule has 1 aliphatic carbocycles. The summed E-state index contributed by atoms with van der Waals surface area (Å²) in [6.45, 7) is 3.37. The van der Waals surface area contributed by atoms with Crippen molar-refractivity contribution in [2.75, 3.05) is 44.2 Å². The summed E-state index contributed by atoms with van der Waals surface area (Å²) in [6.07, 6.45) is 6.29. The molecule has 0 unspecified atom stereocenters. The molecule has 2 aromatic heterocycles. The molecule has 43 heavy (non-hydrogen) atoms. The van der Waals surface area contributed by atoms with E-state index in [1.807, 2.05) is 35.2 Å². The molecule has 0 saturated carbocycles. The topological polar surface area (TPSA) is 105 Å².